The molecule has 0 aromatic heterocycles. The lowest BCUT2D eigenvalue weighted by molar-refractivity contribution is 0.126. The summed E-state index contributed by atoms with van der Waals surface area (Å²) in [5.74, 6) is 0.786. The highest BCUT2D eigenvalue weighted by molar-refractivity contribution is 4.62. The van der Waals surface area contributed by atoms with Crippen LogP contribution in [0.1, 0.15) is 40.5 Å². The molecule has 0 aliphatic carbocycles. The summed E-state index contributed by atoms with van der Waals surface area (Å²) in [6, 6.07) is 0.485. The molecule has 0 aromatic rings. The Hall–Kier alpha value is -0.0800. The molecule has 80 valence electrons. The van der Waals surface area contributed by atoms with Gasteiger partial charge in [-0.2, -0.15) is 0 Å². The van der Waals surface area contributed by atoms with E-state index in [9.17, 15) is 0 Å². The molecule has 13 heavy (non-hydrogen) atoms. The van der Waals surface area contributed by atoms with Crippen LogP contribution in [0.3, 0.4) is 0 Å². The zero-order valence-corrected chi connectivity index (χ0v) is 9.60. The van der Waals surface area contributed by atoms with Gasteiger partial charge in [-0.05, 0) is 32.7 Å². The second kappa shape index (κ2) is 8.52. The van der Waals surface area contributed by atoms with E-state index in [1.807, 2.05) is 6.92 Å². The highest BCUT2D eigenvalue weighted by Crippen LogP contribution is 2.03. The lowest BCUT2D eigenvalue weighted by atomic mass is 10.1. The highest BCUT2D eigenvalue weighted by Gasteiger charge is 2.04. The zero-order valence-electron chi connectivity index (χ0n) is 9.60. The molecule has 0 rings (SSSR count). The van der Waals surface area contributed by atoms with Gasteiger partial charge in [0, 0.05) is 12.6 Å². The van der Waals surface area contributed by atoms with Crippen molar-refractivity contribution in [2.75, 3.05) is 19.8 Å². The minimum absolute atomic E-state index is 0.485. The smallest absolute Gasteiger partial charge is 0.0616 e. The number of rotatable bonds is 8. The first-order valence-corrected chi connectivity index (χ1v) is 5.51. The molecule has 0 saturated heterocycles. The van der Waals surface area contributed by atoms with E-state index in [0.29, 0.717) is 6.04 Å². The van der Waals surface area contributed by atoms with Crippen molar-refractivity contribution in [1.82, 2.24) is 5.32 Å². The molecule has 0 saturated carbocycles. The van der Waals surface area contributed by atoms with Crippen LogP contribution < -0.4 is 5.32 Å². The van der Waals surface area contributed by atoms with Gasteiger partial charge in [0.1, 0.15) is 0 Å². The monoisotopic (exact) mass is 187 g/mol. The predicted octanol–water partition coefficient (Wildman–Crippen LogP) is 2.44. The van der Waals surface area contributed by atoms with Crippen molar-refractivity contribution < 1.29 is 4.74 Å². The standard InChI is InChI=1S/C11H25NO/c1-5-7-10(3)8-12-11(4)9-13-6-2/h10-12H,5-9H2,1-4H3. The minimum Gasteiger partial charge on any atom is -0.380 e. The van der Waals surface area contributed by atoms with E-state index in [-0.39, 0.29) is 0 Å². The zero-order chi connectivity index (χ0) is 10.1. The van der Waals surface area contributed by atoms with Crippen LogP contribution in [-0.2, 0) is 4.74 Å². The molecule has 0 aromatic carbocycles. The Balaban J connectivity index is 3.29. The van der Waals surface area contributed by atoms with Gasteiger partial charge >= 0.3 is 0 Å². The first-order valence-electron chi connectivity index (χ1n) is 5.51. The van der Waals surface area contributed by atoms with Gasteiger partial charge < -0.3 is 10.1 Å². The fourth-order valence-electron chi connectivity index (χ4n) is 1.35. The number of ether oxygens (including phenoxy) is 1. The predicted molar refractivity (Wildman–Crippen MR) is 58.0 cm³/mol. The Morgan fingerprint density at radius 2 is 1.92 bits per heavy atom. The van der Waals surface area contributed by atoms with Crippen molar-refractivity contribution in [2.24, 2.45) is 5.92 Å². The van der Waals surface area contributed by atoms with Crippen LogP contribution in [0, 0.1) is 5.92 Å². The third-order valence-corrected chi connectivity index (χ3v) is 2.17. The Labute approximate surface area is 83.1 Å². The van der Waals surface area contributed by atoms with Gasteiger partial charge in [0.25, 0.3) is 0 Å². The van der Waals surface area contributed by atoms with Crippen molar-refractivity contribution in [3.05, 3.63) is 0 Å². The molecule has 0 aliphatic heterocycles. The van der Waals surface area contributed by atoms with E-state index in [4.69, 9.17) is 4.74 Å². The van der Waals surface area contributed by atoms with E-state index in [2.05, 4.69) is 26.1 Å². The lowest BCUT2D eigenvalue weighted by Crippen LogP contribution is -2.33. The average molecular weight is 187 g/mol. The first-order chi connectivity index (χ1) is 6.20. The fourth-order valence-corrected chi connectivity index (χ4v) is 1.35. The van der Waals surface area contributed by atoms with Crippen LogP contribution >= 0.6 is 0 Å². The van der Waals surface area contributed by atoms with E-state index in [1.165, 1.54) is 12.8 Å². The van der Waals surface area contributed by atoms with Crippen LogP contribution in [0.4, 0.5) is 0 Å². The molecule has 0 heterocycles. The first kappa shape index (κ1) is 12.9. The van der Waals surface area contributed by atoms with Crippen LogP contribution in [-0.4, -0.2) is 25.8 Å². The summed E-state index contributed by atoms with van der Waals surface area (Å²) in [6.45, 7) is 11.5. The van der Waals surface area contributed by atoms with Gasteiger partial charge in [0.2, 0.25) is 0 Å². The van der Waals surface area contributed by atoms with Gasteiger partial charge in [0.15, 0.2) is 0 Å². The van der Waals surface area contributed by atoms with Crippen LogP contribution in [0.25, 0.3) is 0 Å². The van der Waals surface area contributed by atoms with E-state index in [1.54, 1.807) is 0 Å². The number of nitrogens with one attached hydrogen (secondary N) is 1. The minimum atomic E-state index is 0.485. The maximum absolute atomic E-state index is 5.33. The fraction of sp³-hybridized carbons (Fsp3) is 1.00. The maximum Gasteiger partial charge on any atom is 0.0616 e. The molecule has 0 bridgehead atoms. The van der Waals surface area contributed by atoms with Crippen LogP contribution in [0.15, 0.2) is 0 Å². The van der Waals surface area contributed by atoms with Gasteiger partial charge in [-0.1, -0.05) is 20.3 Å². The largest absolute Gasteiger partial charge is 0.380 e. The van der Waals surface area contributed by atoms with E-state index < -0.39 is 0 Å². The van der Waals surface area contributed by atoms with Gasteiger partial charge in [0.05, 0.1) is 6.61 Å². The highest BCUT2D eigenvalue weighted by atomic mass is 16.5. The summed E-state index contributed by atoms with van der Waals surface area (Å²) in [7, 11) is 0. The SMILES string of the molecule is CCCC(C)CNC(C)COCC. The van der Waals surface area contributed by atoms with E-state index >= 15 is 0 Å². The summed E-state index contributed by atoms with van der Waals surface area (Å²) in [4.78, 5) is 0. The van der Waals surface area contributed by atoms with Gasteiger partial charge in [-0.15, -0.1) is 0 Å². The molecular weight excluding hydrogens is 162 g/mol. The molecule has 0 spiro atoms. The summed E-state index contributed by atoms with van der Waals surface area (Å²) in [5, 5.41) is 3.48. The summed E-state index contributed by atoms with van der Waals surface area (Å²) >= 11 is 0. The Morgan fingerprint density at radius 1 is 1.23 bits per heavy atom. The molecule has 2 nitrogen and oxygen atoms in total. The quantitative estimate of drug-likeness (QED) is 0.630. The molecule has 1 N–H and O–H groups in total. The molecule has 2 unspecified atom stereocenters. The van der Waals surface area contributed by atoms with Gasteiger partial charge in [-0.25, -0.2) is 0 Å². The summed E-state index contributed by atoms with van der Waals surface area (Å²) in [6.07, 6.45) is 2.59. The Bertz CT molecular complexity index is 106. The Morgan fingerprint density at radius 3 is 2.46 bits per heavy atom. The van der Waals surface area contributed by atoms with Crippen molar-refractivity contribution in [1.29, 1.82) is 0 Å². The molecule has 0 amide bonds. The van der Waals surface area contributed by atoms with E-state index in [0.717, 1.165) is 25.7 Å². The van der Waals surface area contributed by atoms with Crippen molar-refractivity contribution in [3.63, 3.8) is 0 Å². The molecule has 2 atom stereocenters. The third kappa shape index (κ3) is 8.26. The Kier molecular flexibility index (Phi) is 8.46. The van der Waals surface area contributed by atoms with Crippen LogP contribution in [0.2, 0.25) is 0 Å². The molecule has 0 radical (unpaired) electrons. The summed E-state index contributed by atoms with van der Waals surface area (Å²) in [5.41, 5.74) is 0. The number of hydrogen-bond donors (Lipinski definition) is 1. The van der Waals surface area contributed by atoms with Gasteiger partial charge in [-0.3, -0.25) is 0 Å². The number of hydrogen-bond acceptors (Lipinski definition) is 2. The van der Waals surface area contributed by atoms with Crippen molar-refractivity contribution >= 4 is 0 Å². The second-order valence-electron chi connectivity index (χ2n) is 3.86. The second-order valence-corrected chi connectivity index (χ2v) is 3.86. The summed E-state index contributed by atoms with van der Waals surface area (Å²) < 4.78 is 5.33. The van der Waals surface area contributed by atoms with Crippen LogP contribution in [0.5, 0.6) is 0 Å². The molecule has 0 aliphatic rings. The average Bonchev–Trinajstić information content (AvgIpc) is 2.12. The topological polar surface area (TPSA) is 21.3 Å². The third-order valence-electron chi connectivity index (χ3n) is 2.17. The van der Waals surface area contributed by atoms with Crippen molar-refractivity contribution in [2.45, 2.75) is 46.6 Å². The normalized spacial score (nSPS) is 15.7. The molecule has 2 heteroatoms. The maximum atomic E-state index is 5.33. The molecule has 0 fully saturated rings. The molecular formula is C11H25NO. The lowest BCUT2D eigenvalue weighted by Gasteiger charge is -2.17. The van der Waals surface area contributed by atoms with Crippen molar-refractivity contribution in [3.8, 4) is 0 Å².